The molecule has 0 aliphatic rings. The minimum atomic E-state index is -4.51. The number of aliphatic hydroxyl groups excluding tert-OH is 1. The van der Waals surface area contributed by atoms with E-state index in [-0.39, 0.29) is 19.2 Å². The van der Waals surface area contributed by atoms with Crippen LogP contribution in [0.15, 0.2) is 0 Å². The summed E-state index contributed by atoms with van der Waals surface area (Å²) in [6, 6.07) is -0.0498. The number of hydrogen-bond acceptors (Lipinski definition) is 5. The molecule has 1 unspecified atom stereocenters. The lowest BCUT2D eigenvalue weighted by Crippen LogP contribution is -2.41. The fraction of sp³-hybridized carbons (Fsp3) is 0.962. The van der Waals surface area contributed by atoms with Crippen molar-refractivity contribution in [2.45, 2.75) is 104 Å². The van der Waals surface area contributed by atoms with E-state index in [1.54, 1.807) is 4.90 Å². The fourth-order valence-electron chi connectivity index (χ4n) is 3.63. The summed E-state index contributed by atoms with van der Waals surface area (Å²) in [6.45, 7) is 6.60. The molecule has 0 aliphatic carbocycles. The van der Waals surface area contributed by atoms with Crippen LogP contribution >= 0.6 is 7.82 Å². The first-order chi connectivity index (χ1) is 17.0. The second-order valence-electron chi connectivity index (χ2n) is 10.5. The van der Waals surface area contributed by atoms with Crippen molar-refractivity contribution in [1.29, 1.82) is 0 Å². The van der Waals surface area contributed by atoms with Crippen molar-refractivity contribution in [3.63, 3.8) is 0 Å². The van der Waals surface area contributed by atoms with E-state index in [2.05, 4.69) is 16.8 Å². The van der Waals surface area contributed by atoms with Crippen LogP contribution in [0.25, 0.3) is 0 Å². The predicted octanol–water partition coefficient (Wildman–Crippen LogP) is 4.66. The molecule has 36 heavy (non-hydrogen) atoms. The number of carbonyl (C=O) groups is 1. The lowest BCUT2D eigenvalue weighted by Gasteiger charge is -2.25. The van der Waals surface area contributed by atoms with Crippen molar-refractivity contribution < 1.29 is 33.3 Å². The number of phosphoric acid groups is 1. The van der Waals surface area contributed by atoms with Gasteiger partial charge in [-0.3, -0.25) is 4.57 Å². The monoisotopic (exact) mass is 539 g/mol. The molecule has 218 valence electrons. The summed E-state index contributed by atoms with van der Waals surface area (Å²) in [4.78, 5) is 31.8. The number of amides is 2. The molecule has 0 spiro atoms. The Morgan fingerprint density at radius 3 is 1.67 bits per heavy atom. The summed E-state index contributed by atoms with van der Waals surface area (Å²) >= 11 is 0. The fourth-order valence-corrected chi connectivity index (χ4v) is 3.94. The molecular formula is C26H58N3O6P. The van der Waals surface area contributed by atoms with E-state index in [4.69, 9.17) is 10.00 Å². The highest BCUT2D eigenvalue weighted by atomic mass is 31.2. The van der Waals surface area contributed by atoms with Gasteiger partial charge in [0.2, 0.25) is 0 Å². The molecule has 10 heteroatoms. The zero-order valence-electron chi connectivity index (χ0n) is 24.0. The van der Waals surface area contributed by atoms with E-state index in [1.807, 2.05) is 28.1 Å². The van der Waals surface area contributed by atoms with Crippen LogP contribution in [0.4, 0.5) is 4.79 Å². The molecule has 0 saturated carbocycles. The molecule has 3 N–H and O–H groups in total. The smallest absolute Gasteiger partial charge is 0.317 e. The standard InChI is InChI=1S/C21H44N2O2.C5H14NO4P/c1-3-5-6-7-8-9-10-11-12-13-14-15-16-17-18-23(19-20-24)21(25)22-4-2;1-6(2,3)4-5-10-11(7,8)9/h24H,3-20H2,1-2H3,(H,22,25);4-5H2,1-3H3,(H-,7,8,9). The highest BCUT2D eigenvalue weighted by molar-refractivity contribution is 7.44. The van der Waals surface area contributed by atoms with Crippen molar-refractivity contribution in [3.05, 3.63) is 0 Å². The SMILES string of the molecule is CCCCCCCCCCCCCCCCN(CCO)C(=O)NCC.C[N+](C)(C)CCOP(=O)([O-])O. The molecule has 0 aliphatic heterocycles. The van der Waals surface area contributed by atoms with Crippen LogP contribution < -0.4 is 10.2 Å². The number of nitrogens with zero attached hydrogens (tertiary/aromatic N) is 2. The molecule has 0 aromatic rings. The van der Waals surface area contributed by atoms with Crippen LogP contribution in [0.3, 0.4) is 0 Å². The van der Waals surface area contributed by atoms with E-state index < -0.39 is 7.82 Å². The number of rotatable bonds is 22. The van der Waals surface area contributed by atoms with Gasteiger partial charge in [0.1, 0.15) is 13.2 Å². The number of phosphoric ester groups is 1. The van der Waals surface area contributed by atoms with Crippen LogP contribution in [0.5, 0.6) is 0 Å². The van der Waals surface area contributed by atoms with Crippen molar-refractivity contribution in [2.24, 2.45) is 0 Å². The Bertz CT molecular complexity index is 540. The summed E-state index contributed by atoms with van der Waals surface area (Å²) in [5.41, 5.74) is 0. The van der Waals surface area contributed by atoms with Crippen LogP contribution in [0.2, 0.25) is 0 Å². The second kappa shape index (κ2) is 24.6. The molecule has 2 amide bonds. The van der Waals surface area contributed by atoms with Gasteiger partial charge in [0.05, 0.1) is 27.7 Å². The Morgan fingerprint density at radius 2 is 1.31 bits per heavy atom. The van der Waals surface area contributed by atoms with E-state index >= 15 is 0 Å². The largest absolute Gasteiger partial charge is 0.756 e. The van der Waals surface area contributed by atoms with E-state index in [1.165, 1.54) is 83.5 Å². The van der Waals surface area contributed by atoms with Gasteiger partial charge in [-0.2, -0.15) is 0 Å². The number of nitrogens with one attached hydrogen (secondary N) is 1. The number of likely N-dealkylation sites (N-methyl/N-ethyl adjacent to an activating group) is 1. The van der Waals surface area contributed by atoms with E-state index in [0.717, 1.165) is 13.0 Å². The quantitative estimate of drug-likeness (QED) is 0.104. The van der Waals surface area contributed by atoms with E-state index in [0.29, 0.717) is 24.1 Å². The minimum Gasteiger partial charge on any atom is -0.756 e. The normalized spacial score (nSPS) is 13.0. The van der Waals surface area contributed by atoms with Crippen molar-refractivity contribution in [3.8, 4) is 0 Å². The number of aliphatic hydroxyl groups is 1. The maximum atomic E-state index is 11.8. The molecule has 0 radical (unpaired) electrons. The number of urea groups is 1. The molecule has 0 bridgehead atoms. The first-order valence-electron chi connectivity index (χ1n) is 14.1. The van der Waals surface area contributed by atoms with Gasteiger partial charge in [0.25, 0.3) is 7.82 Å². The van der Waals surface area contributed by atoms with Gasteiger partial charge in [-0.15, -0.1) is 0 Å². The summed E-state index contributed by atoms with van der Waals surface area (Å²) in [7, 11) is 1.19. The summed E-state index contributed by atoms with van der Waals surface area (Å²) < 4.78 is 14.8. The molecule has 0 aromatic heterocycles. The maximum absolute atomic E-state index is 11.8. The van der Waals surface area contributed by atoms with Gasteiger partial charge in [-0.1, -0.05) is 90.4 Å². The molecular weight excluding hydrogens is 481 g/mol. The number of hydrogen-bond donors (Lipinski definition) is 3. The van der Waals surface area contributed by atoms with Gasteiger partial charge >= 0.3 is 6.03 Å². The van der Waals surface area contributed by atoms with Crippen LogP contribution in [0, 0.1) is 0 Å². The highest BCUT2D eigenvalue weighted by Crippen LogP contribution is 2.29. The minimum absolute atomic E-state index is 0.0147. The van der Waals surface area contributed by atoms with Gasteiger partial charge in [-0.05, 0) is 13.3 Å². The molecule has 9 nitrogen and oxygen atoms in total. The average molecular weight is 540 g/mol. The van der Waals surface area contributed by atoms with Crippen LogP contribution in [-0.2, 0) is 9.09 Å². The summed E-state index contributed by atoms with van der Waals surface area (Å²) in [5, 5.41) is 11.9. The van der Waals surface area contributed by atoms with Crippen molar-refractivity contribution >= 4 is 13.9 Å². The van der Waals surface area contributed by atoms with Crippen LogP contribution in [0.1, 0.15) is 104 Å². The molecule has 1 atom stereocenters. The molecule has 0 fully saturated rings. The van der Waals surface area contributed by atoms with Crippen molar-refractivity contribution in [1.82, 2.24) is 10.2 Å². The molecule has 0 heterocycles. The average Bonchev–Trinajstić information content (AvgIpc) is 2.77. The first-order valence-corrected chi connectivity index (χ1v) is 15.6. The Labute approximate surface area is 221 Å². The third kappa shape index (κ3) is 31.3. The Kier molecular flexibility index (Phi) is 25.6. The lowest BCUT2D eigenvalue weighted by atomic mass is 10.0. The predicted molar refractivity (Wildman–Crippen MR) is 147 cm³/mol. The lowest BCUT2D eigenvalue weighted by molar-refractivity contribution is -0.870. The zero-order chi connectivity index (χ0) is 27.7. The van der Waals surface area contributed by atoms with E-state index in [9.17, 15) is 14.3 Å². The third-order valence-corrected chi connectivity index (χ3v) is 6.29. The van der Waals surface area contributed by atoms with Gasteiger partial charge < -0.3 is 34.1 Å². The number of unbranched alkanes of at least 4 members (excludes halogenated alkanes) is 13. The second-order valence-corrected chi connectivity index (χ2v) is 11.7. The molecule has 0 aromatic carbocycles. The Hall–Kier alpha value is -0.700. The Morgan fingerprint density at radius 1 is 0.861 bits per heavy atom. The summed E-state index contributed by atoms with van der Waals surface area (Å²) in [6.07, 6.45) is 18.8. The number of quaternary nitrogens is 1. The molecule has 0 saturated heterocycles. The summed E-state index contributed by atoms with van der Waals surface area (Å²) in [5.74, 6) is 0. The van der Waals surface area contributed by atoms with Gasteiger partial charge in [-0.25, -0.2) is 4.79 Å². The zero-order valence-corrected chi connectivity index (χ0v) is 24.9. The van der Waals surface area contributed by atoms with Crippen molar-refractivity contribution in [2.75, 3.05) is 60.5 Å². The van der Waals surface area contributed by atoms with Gasteiger partial charge in [0, 0.05) is 19.6 Å². The maximum Gasteiger partial charge on any atom is 0.317 e. The molecule has 0 rings (SSSR count). The van der Waals surface area contributed by atoms with Gasteiger partial charge in [0.15, 0.2) is 0 Å². The highest BCUT2D eigenvalue weighted by Gasteiger charge is 2.11. The number of carbonyl (C=O) groups excluding carboxylic acids is 1. The topological polar surface area (TPSA) is 122 Å². The Balaban J connectivity index is 0. The first kappa shape index (κ1) is 37.5. The third-order valence-electron chi connectivity index (χ3n) is 5.78. The van der Waals surface area contributed by atoms with Crippen LogP contribution in [-0.4, -0.2) is 85.9 Å².